The number of aliphatic hydroxyl groups is 1. The summed E-state index contributed by atoms with van der Waals surface area (Å²) in [7, 11) is -7.96. The zero-order chi connectivity index (χ0) is 28.1. The van der Waals surface area contributed by atoms with Crippen molar-refractivity contribution in [3.8, 4) is 0 Å². The highest BCUT2D eigenvalue weighted by Crippen LogP contribution is 2.42. The molecule has 0 saturated heterocycles. The van der Waals surface area contributed by atoms with Crippen LogP contribution in [-0.4, -0.2) is 50.9 Å². The molecule has 2 aliphatic heterocycles. The Bertz CT molecular complexity index is 1620. The number of amides is 1. The van der Waals surface area contributed by atoms with Crippen molar-refractivity contribution in [1.82, 2.24) is 9.62 Å². The number of benzene rings is 1. The molecular weight excluding hydrogens is 574 g/mol. The van der Waals surface area contributed by atoms with E-state index >= 15 is 0 Å². The molecule has 1 aromatic carbocycles. The molecule has 0 radical (unpaired) electrons. The largest absolute Gasteiger partial charge is 0.511 e. The van der Waals surface area contributed by atoms with Crippen LogP contribution in [0.4, 0.5) is 13.8 Å². The van der Waals surface area contributed by atoms with Crippen molar-refractivity contribution in [3.63, 3.8) is 0 Å². The number of halogens is 2. The second-order valence-electron chi connectivity index (χ2n) is 9.81. The maximum atomic E-state index is 13.9. The van der Waals surface area contributed by atoms with Crippen LogP contribution in [-0.2, 0) is 37.9 Å². The van der Waals surface area contributed by atoms with Crippen LogP contribution in [0.25, 0.3) is 0 Å². The Kier molecular flexibility index (Phi) is 7.28. The molecule has 0 bridgehead atoms. The van der Waals surface area contributed by atoms with Gasteiger partial charge in [-0.25, -0.2) is 21.9 Å². The molecular formula is C24H26F2N4O6S3. The molecule has 210 valence electrons. The molecule has 3 N–H and O–H groups in total. The minimum Gasteiger partial charge on any atom is -0.511 e. The molecule has 15 heteroatoms. The summed E-state index contributed by atoms with van der Waals surface area (Å²) in [4.78, 5) is 15.1. The number of nitrogens with zero attached hydrogens (tertiary/aromatic N) is 2. The summed E-state index contributed by atoms with van der Waals surface area (Å²) in [5.41, 5.74) is 0.243. The Balaban J connectivity index is 1.54. The lowest BCUT2D eigenvalue weighted by molar-refractivity contribution is -0.132. The van der Waals surface area contributed by atoms with Crippen molar-refractivity contribution < 1.29 is 35.5 Å². The maximum Gasteiger partial charge on any atom is 0.287 e. The molecule has 1 amide bonds. The van der Waals surface area contributed by atoms with Crippen LogP contribution in [0.2, 0.25) is 0 Å². The van der Waals surface area contributed by atoms with Gasteiger partial charge in [-0.1, -0.05) is 25.3 Å². The summed E-state index contributed by atoms with van der Waals surface area (Å²) >= 11 is 0.995. The molecule has 5 rings (SSSR count). The highest BCUT2D eigenvalue weighted by Gasteiger charge is 2.45. The minimum absolute atomic E-state index is 0.0699. The molecule has 3 heterocycles. The number of amidine groups is 1. The van der Waals surface area contributed by atoms with Crippen LogP contribution in [0.15, 0.2) is 44.2 Å². The number of carbonyl (C=O) groups excluding carboxylic acids is 1. The quantitative estimate of drug-likeness (QED) is 0.461. The molecule has 3 aliphatic rings. The van der Waals surface area contributed by atoms with E-state index in [4.69, 9.17) is 0 Å². The van der Waals surface area contributed by atoms with Crippen molar-refractivity contribution in [2.24, 2.45) is 10.3 Å². The highest BCUT2D eigenvalue weighted by atomic mass is 32.2. The summed E-state index contributed by atoms with van der Waals surface area (Å²) in [5.74, 6) is -3.83. The molecule has 1 saturated carbocycles. The van der Waals surface area contributed by atoms with E-state index in [-0.39, 0.29) is 45.7 Å². The molecule has 10 nitrogen and oxygen atoms in total. The lowest BCUT2D eigenvalue weighted by atomic mass is 9.84. The predicted molar refractivity (Wildman–Crippen MR) is 141 cm³/mol. The van der Waals surface area contributed by atoms with Crippen molar-refractivity contribution in [2.75, 3.05) is 11.6 Å². The van der Waals surface area contributed by atoms with Crippen LogP contribution >= 0.6 is 11.3 Å². The lowest BCUT2D eigenvalue weighted by Gasteiger charge is -2.41. The first kappa shape index (κ1) is 27.7. The molecule has 1 aliphatic carbocycles. The van der Waals surface area contributed by atoms with Gasteiger partial charge in [0.25, 0.3) is 15.9 Å². The smallest absolute Gasteiger partial charge is 0.287 e. The number of nitrogens with one attached hydrogen (secondary N) is 2. The van der Waals surface area contributed by atoms with Crippen molar-refractivity contribution in [1.29, 1.82) is 0 Å². The average molecular weight is 601 g/mol. The van der Waals surface area contributed by atoms with Gasteiger partial charge in [0.1, 0.15) is 21.2 Å². The summed E-state index contributed by atoms with van der Waals surface area (Å²) < 4.78 is 83.0. The first-order valence-electron chi connectivity index (χ1n) is 12.2. The SMILES string of the molecule is CS(=O)(=O)NCc1csc2c1S(=O)(=O)N=C(C1=C(O)C3CCCCCC3N(Cc3ccc(F)c(F)c3)C1=O)N2. The summed E-state index contributed by atoms with van der Waals surface area (Å²) in [6, 6.07) is 2.95. The molecule has 1 fully saturated rings. The zero-order valence-corrected chi connectivity index (χ0v) is 23.2. The molecule has 0 spiro atoms. The maximum absolute atomic E-state index is 13.9. The molecule has 1 aromatic heterocycles. The van der Waals surface area contributed by atoms with Gasteiger partial charge in [0.15, 0.2) is 17.5 Å². The van der Waals surface area contributed by atoms with E-state index in [0.29, 0.717) is 18.4 Å². The minimum atomic E-state index is -4.37. The zero-order valence-electron chi connectivity index (χ0n) is 20.8. The Labute approximate surface area is 228 Å². The van der Waals surface area contributed by atoms with E-state index in [0.717, 1.165) is 49.0 Å². The lowest BCUT2D eigenvalue weighted by Crippen LogP contribution is -2.51. The molecule has 2 unspecified atom stereocenters. The van der Waals surface area contributed by atoms with Crippen LogP contribution in [0, 0.1) is 17.6 Å². The monoisotopic (exact) mass is 600 g/mol. The van der Waals surface area contributed by atoms with Gasteiger partial charge in [0.05, 0.1) is 6.26 Å². The second-order valence-corrected chi connectivity index (χ2v) is 14.1. The Morgan fingerprint density at radius 1 is 1.21 bits per heavy atom. The van der Waals surface area contributed by atoms with Crippen molar-refractivity contribution in [3.05, 3.63) is 57.7 Å². The summed E-state index contributed by atoms with van der Waals surface area (Å²) in [5, 5.41) is 15.8. The standard InChI is InChI=1S/C24H26F2N4O6S3/c1-38(33,34)27-10-14-12-37-23-21(14)39(35,36)29-22(28-23)19-20(31)15-5-3-2-4-6-18(15)30(24(19)32)11-13-7-8-16(25)17(26)9-13/h7-9,12,15,18,27,31H,2-6,10-11H2,1H3,(H,28,29). The van der Waals surface area contributed by atoms with Gasteiger partial charge >= 0.3 is 0 Å². The number of thiophene rings is 1. The van der Waals surface area contributed by atoms with E-state index in [9.17, 15) is 35.5 Å². The number of fused-ring (bicyclic) bond motifs is 2. The Morgan fingerprint density at radius 2 is 1.95 bits per heavy atom. The van der Waals surface area contributed by atoms with Crippen LogP contribution in [0.3, 0.4) is 0 Å². The molecule has 39 heavy (non-hydrogen) atoms. The number of rotatable bonds is 6. The Morgan fingerprint density at radius 3 is 2.67 bits per heavy atom. The average Bonchev–Trinajstić information content (AvgIpc) is 3.11. The normalized spacial score (nSPS) is 23.0. The Hall–Kier alpha value is -2.88. The topological polar surface area (TPSA) is 145 Å². The third kappa shape index (κ3) is 5.44. The number of hydrogen-bond acceptors (Lipinski definition) is 8. The number of carbonyl (C=O) groups is 1. The third-order valence-corrected chi connectivity index (χ3v) is 10.2. The fraction of sp³-hybridized carbons (Fsp3) is 0.417. The number of aliphatic hydroxyl groups excluding tert-OH is 1. The van der Waals surface area contributed by atoms with Crippen LogP contribution in [0.1, 0.15) is 43.2 Å². The van der Waals surface area contributed by atoms with E-state index in [1.807, 2.05) is 0 Å². The van der Waals surface area contributed by atoms with Gasteiger partial charge in [-0.05, 0) is 35.9 Å². The van der Waals surface area contributed by atoms with E-state index in [2.05, 4.69) is 14.4 Å². The van der Waals surface area contributed by atoms with Gasteiger partial charge in [0, 0.05) is 30.6 Å². The number of hydrogen-bond donors (Lipinski definition) is 3. The highest BCUT2D eigenvalue weighted by molar-refractivity contribution is 7.91. The van der Waals surface area contributed by atoms with Gasteiger partial charge < -0.3 is 15.3 Å². The number of anilines is 1. The third-order valence-electron chi connectivity index (χ3n) is 7.08. The van der Waals surface area contributed by atoms with E-state index in [1.165, 1.54) is 16.3 Å². The fourth-order valence-corrected chi connectivity index (χ4v) is 8.33. The van der Waals surface area contributed by atoms with Crippen LogP contribution < -0.4 is 10.0 Å². The number of sulfonamides is 2. The second kappa shape index (κ2) is 10.3. The van der Waals surface area contributed by atoms with E-state index in [1.54, 1.807) is 0 Å². The molecule has 2 atom stereocenters. The fourth-order valence-electron chi connectivity index (χ4n) is 5.30. The van der Waals surface area contributed by atoms with Gasteiger partial charge in [-0.15, -0.1) is 15.7 Å². The first-order chi connectivity index (χ1) is 18.4. The van der Waals surface area contributed by atoms with Gasteiger partial charge in [0.2, 0.25) is 10.0 Å². The van der Waals surface area contributed by atoms with E-state index < -0.39 is 49.5 Å². The summed E-state index contributed by atoms with van der Waals surface area (Å²) in [6.45, 7) is -0.339. The summed E-state index contributed by atoms with van der Waals surface area (Å²) in [6.07, 6.45) is 4.57. The van der Waals surface area contributed by atoms with Crippen molar-refractivity contribution >= 4 is 48.1 Å². The van der Waals surface area contributed by atoms with Crippen LogP contribution in [0.5, 0.6) is 0 Å². The predicted octanol–water partition coefficient (Wildman–Crippen LogP) is 3.39. The van der Waals surface area contributed by atoms with Crippen molar-refractivity contribution in [2.45, 2.75) is 56.1 Å². The van der Waals surface area contributed by atoms with Gasteiger partial charge in [-0.3, -0.25) is 4.79 Å². The molecule has 2 aromatic rings. The van der Waals surface area contributed by atoms with Gasteiger partial charge in [-0.2, -0.15) is 8.42 Å². The first-order valence-corrected chi connectivity index (χ1v) is 16.4.